The largest absolute Gasteiger partial charge is 0.343 e. The highest BCUT2D eigenvalue weighted by Crippen LogP contribution is 2.24. The van der Waals surface area contributed by atoms with Crippen LogP contribution in [0.2, 0.25) is 0 Å². The van der Waals surface area contributed by atoms with Gasteiger partial charge in [-0.15, -0.1) is 0 Å². The average Bonchev–Trinajstić information content (AvgIpc) is 2.86. The van der Waals surface area contributed by atoms with E-state index in [1.807, 2.05) is 35.0 Å². The molecule has 1 heterocycles. The summed E-state index contributed by atoms with van der Waals surface area (Å²) in [4.78, 5) is 10.8. The van der Waals surface area contributed by atoms with Crippen LogP contribution in [0.1, 0.15) is 15.9 Å². The van der Waals surface area contributed by atoms with E-state index in [-0.39, 0.29) is 5.82 Å². The second-order valence-corrected chi connectivity index (χ2v) is 5.39. The maximum atomic E-state index is 13.5. The van der Waals surface area contributed by atoms with Crippen molar-refractivity contribution in [1.29, 1.82) is 0 Å². The van der Waals surface area contributed by atoms with Crippen molar-refractivity contribution >= 4 is 33.1 Å². The summed E-state index contributed by atoms with van der Waals surface area (Å²) in [6.07, 6.45) is 2.77. The molecule has 20 heavy (non-hydrogen) atoms. The molecule has 0 aliphatic rings. The van der Waals surface area contributed by atoms with E-state index < -0.39 is 0 Å². The van der Waals surface area contributed by atoms with Gasteiger partial charge < -0.3 is 4.57 Å². The molecule has 0 N–H and O–H groups in total. The van der Waals surface area contributed by atoms with Crippen molar-refractivity contribution in [2.45, 2.75) is 6.54 Å². The number of hydrogen-bond acceptors (Lipinski definition) is 1. The molecule has 3 aromatic rings. The number of rotatable bonds is 3. The van der Waals surface area contributed by atoms with E-state index in [4.69, 9.17) is 0 Å². The molecule has 1 aromatic heterocycles. The van der Waals surface area contributed by atoms with Crippen LogP contribution >= 0.6 is 15.9 Å². The summed E-state index contributed by atoms with van der Waals surface area (Å²) in [6, 6.07) is 12.5. The lowest BCUT2D eigenvalue weighted by atomic mass is 10.2. The lowest BCUT2D eigenvalue weighted by Crippen LogP contribution is -1.99. The van der Waals surface area contributed by atoms with E-state index in [0.717, 1.165) is 22.8 Å². The molecule has 0 aliphatic heterocycles. The van der Waals surface area contributed by atoms with Crippen LogP contribution in [0.15, 0.2) is 53.1 Å². The topological polar surface area (TPSA) is 22.0 Å². The Kier molecular flexibility index (Phi) is 3.40. The van der Waals surface area contributed by atoms with Gasteiger partial charge in [0.1, 0.15) is 12.1 Å². The minimum absolute atomic E-state index is 0.262. The summed E-state index contributed by atoms with van der Waals surface area (Å²) in [5.74, 6) is -0.262. The molecule has 2 nitrogen and oxygen atoms in total. The fourth-order valence-corrected chi connectivity index (χ4v) is 2.67. The monoisotopic (exact) mass is 331 g/mol. The molecule has 0 atom stereocenters. The summed E-state index contributed by atoms with van der Waals surface area (Å²) in [6.45, 7) is 0.572. The minimum atomic E-state index is -0.262. The number of aldehydes is 1. The molecule has 0 radical (unpaired) electrons. The number of benzene rings is 2. The molecule has 0 spiro atoms. The van der Waals surface area contributed by atoms with Gasteiger partial charge in [0.2, 0.25) is 0 Å². The third kappa shape index (κ3) is 2.27. The Morgan fingerprint density at radius 1 is 1.20 bits per heavy atom. The molecule has 100 valence electrons. The van der Waals surface area contributed by atoms with Gasteiger partial charge in [0.15, 0.2) is 0 Å². The first-order valence-electron chi connectivity index (χ1n) is 6.16. The quantitative estimate of drug-likeness (QED) is 0.652. The molecule has 2 aromatic carbocycles. The zero-order valence-electron chi connectivity index (χ0n) is 10.5. The molecular weight excluding hydrogens is 321 g/mol. The predicted molar refractivity (Wildman–Crippen MR) is 80.5 cm³/mol. The van der Waals surface area contributed by atoms with Gasteiger partial charge in [-0.3, -0.25) is 4.79 Å². The molecule has 0 saturated carbocycles. The van der Waals surface area contributed by atoms with Crippen molar-refractivity contribution in [3.8, 4) is 0 Å². The standard InChI is InChI=1S/C16H11BrFNO/c17-16-13(2-1-3-14(16)18)9-19-7-6-12-8-11(10-20)4-5-15(12)19/h1-8,10H,9H2. The van der Waals surface area contributed by atoms with Gasteiger partial charge in [0, 0.05) is 29.2 Å². The van der Waals surface area contributed by atoms with Crippen molar-refractivity contribution in [1.82, 2.24) is 4.57 Å². The Bertz CT molecular complexity index is 794. The minimum Gasteiger partial charge on any atom is -0.343 e. The van der Waals surface area contributed by atoms with Crippen molar-refractivity contribution in [2.75, 3.05) is 0 Å². The number of nitrogens with zero attached hydrogens (tertiary/aromatic N) is 1. The van der Waals surface area contributed by atoms with Gasteiger partial charge in [-0.25, -0.2) is 4.39 Å². The van der Waals surface area contributed by atoms with Gasteiger partial charge in [-0.05, 0) is 51.8 Å². The molecule has 0 amide bonds. The van der Waals surface area contributed by atoms with E-state index in [0.29, 0.717) is 16.6 Å². The van der Waals surface area contributed by atoms with Crippen LogP contribution in [0.4, 0.5) is 4.39 Å². The summed E-state index contributed by atoms with van der Waals surface area (Å²) >= 11 is 3.28. The molecule has 4 heteroatoms. The summed E-state index contributed by atoms with van der Waals surface area (Å²) in [7, 11) is 0. The Balaban J connectivity index is 2.03. The van der Waals surface area contributed by atoms with Crippen LogP contribution in [0, 0.1) is 5.82 Å². The molecule has 0 fully saturated rings. The van der Waals surface area contributed by atoms with Gasteiger partial charge in [0.05, 0.1) is 4.47 Å². The zero-order chi connectivity index (χ0) is 14.1. The Morgan fingerprint density at radius 2 is 2.05 bits per heavy atom. The maximum Gasteiger partial charge on any atom is 0.150 e. The molecule has 0 bridgehead atoms. The van der Waals surface area contributed by atoms with Crippen LogP contribution in [-0.2, 0) is 6.54 Å². The predicted octanol–water partition coefficient (Wildman–Crippen LogP) is 4.40. The fraction of sp³-hybridized carbons (Fsp3) is 0.0625. The van der Waals surface area contributed by atoms with Crippen LogP contribution in [0.5, 0.6) is 0 Å². The number of halogens is 2. The maximum absolute atomic E-state index is 13.5. The van der Waals surface area contributed by atoms with E-state index in [9.17, 15) is 9.18 Å². The van der Waals surface area contributed by atoms with Crippen molar-refractivity contribution in [3.63, 3.8) is 0 Å². The van der Waals surface area contributed by atoms with Crippen LogP contribution < -0.4 is 0 Å². The first-order valence-corrected chi connectivity index (χ1v) is 6.95. The first kappa shape index (κ1) is 13.1. The van der Waals surface area contributed by atoms with E-state index in [1.54, 1.807) is 12.1 Å². The van der Waals surface area contributed by atoms with E-state index in [1.165, 1.54) is 6.07 Å². The van der Waals surface area contributed by atoms with Crippen LogP contribution in [0.25, 0.3) is 10.9 Å². The second-order valence-electron chi connectivity index (χ2n) is 4.59. The third-order valence-corrected chi connectivity index (χ3v) is 4.19. The summed E-state index contributed by atoms with van der Waals surface area (Å²) in [5, 5.41) is 1.00. The van der Waals surface area contributed by atoms with Crippen molar-refractivity contribution in [3.05, 3.63) is 70.1 Å². The highest BCUT2D eigenvalue weighted by atomic mass is 79.9. The normalized spacial score (nSPS) is 10.9. The van der Waals surface area contributed by atoms with Gasteiger partial charge in [-0.1, -0.05) is 12.1 Å². The highest BCUT2D eigenvalue weighted by Gasteiger charge is 2.08. The van der Waals surface area contributed by atoms with Crippen LogP contribution in [0.3, 0.4) is 0 Å². The van der Waals surface area contributed by atoms with Crippen LogP contribution in [-0.4, -0.2) is 10.9 Å². The molecule has 3 rings (SSSR count). The molecule has 0 aliphatic carbocycles. The van der Waals surface area contributed by atoms with E-state index in [2.05, 4.69) is 15.9 Å². The fourth-order valence-electron chi connectivity index (χ4n) is 2.28. The smallest absolute Gasteiger partial charge is 0.150 e. The number of carbonyl (C=O) groups is 1. The average molecular weight is 332 g/mol. The Labute approximate surface area is 124 Å². The Morgan fingerprint density at radius 3 is 2.85 bits per heavy atom. The molecule has 0 saturated heterocycles. The number of carbonyl (C=O) groups excluding carboxylic acids is 1. The van der Waals surface area contributed by atoms with Gasteiger partial charge >= 0.3 is 0 Å². The van der Waals surface area contributed by atoms with E-state index >= 15 is 0 Å². The number of aromatic nitrogens is 1. The van der Waals surface area contributed by atoms with Crippen molar-refractivity contribution in [2.24, 2.45) is 0 Å². The lowest BCUT2D eigenvalue weighted by Gasteiger charge is -2.08. The molecular formula is C16H11BrFNO. The zero-order valence-corrected chi connectivity index (χ0v) is 12.1. The first-order chi connectivity index (χ1) is 9.69. The number of fused-ring (bicyclic) bond motifs is 1. The van der Waals surface area contributed by atoms with Crippen molar-refractivity contribution < 1.29 is 9.18 Å². The summed E-state index contributed by atoms with van der Waals surface area (Å²) in [5.41, 5.74) is 2.55. The van der Waals surface area contributed by atoms with Gasteiger partial charge in [0.25, 0.3) is 0 Å². The highest BCUT2D eigenvalue weighted by molar-refractivity contribution is 9.10. The summed E-state index contributed by atoms with van der Waals surface area (Å²) < 4.78 is 16.0. The molecule has 0 unspecified atom stereocenters. The number of hydrogen-bond donors (Lipinski definition) is 0. The SMILES string of the molecule is O=Cc1ccc2c(ccn2Cc2cccc(F)c2Br)c1. The third-order valence-electron chi connectivity index (χ3n) is 3.30. The lowest BCUT2D eigenvalue weighted by molar-refractivity contribution is 0.112. The Hall–Kier alpha value is -1.94. The second kappa shape index (κ2) is 5.21. The van der Waals surface area contributed by atoms with Gasteiger partial charge in [-0.2, -0.15) is 0 Å².